The molecule has 0 spiro atoms. The van der Waals surface area contributed by atoms with Gasteiger partial charge < -0.3 is 15.5 Å². The Morgan fingerprint density at radius 2 is 2.20 bits per heavy atom. The molecule has 1 atom stereocenters. The van der Waals surface area contributed by atoms with E-state index in [1.54, 1.807) is 6.20 Å². The van der Waals surface area contributed by atoms with Crippen LogP contribution >= 0.6 is 11.3 Å². The van der Waals surface area contributed by atoms with Crippen molar-refractivity contribution in [3.63, 3.8) is 0 Å². The number of nitrogens with one attached hydrogen (secondary N) is 2. The van der Waals surface area contributed by atoms with Gasteiger partial charge >= 0.3 is 0 Å². The highest BCUT2D eigenvalue weighted by Crippen LogP contribution is 2.28. The van der Waals surface area contributed by atoms with E-state index < -0.39 is 0 Å². The van der Waals surface area contributed by atoms with Crippen LogP contribution in [-0.4, -0.2) is 34.4 Å². The van der Waals surface area contributed by atoms with E-state index >= 15 is 0 Å². The minimum absolute atomic E-state index is 0.0216. The second kappa shape index (κ2) is 7.65. The monoisotopic (exact) mass is 358 g/mol. The first-order valence-corrected chi connectivity index (χ1v) is 9.30. The molecule has 6 nitrogen and oxygen atoms in total. The number of hydrogen-bond acceptors (Lipinski definition) is 5. The predicted molar refractivity (Wildman–Crippen MR) is 99.7 cm³/mol. The second-order valence-corrected chi connectivity index (χ2v) is 7.26. The summed E-state index contributed by atoms with van der Waals surface area (Å²) in [4.78, 5) is 30.7. The molecule has 25 heavy (non-hydrogen) atoms. The van der Waals surface area contributed by atoms with Crippen molar-refractivity contribution in [3.05, 3.63) is 41.4 Å². The van der Waals surface area contributed by atoms with Crippen LogP contribution in [0.1, 0.15) is 37.0 Å². The number of benzene rings is 1. The maximum atomic E-state index is 12.8. The van der Waals surface area contributed by atoms with Gasteiger partial charge in [0.25, 0.3) is 5.91 Å². The molecule has 0 fully saturated rings. The average Bonchev–Trinajstić information content (AvgIpc) is 3.09. The molecule has 7 heteroatoms. The predicted octanol–water partition coefficient (Wildman–Crippen LogP) is 3.41. The summed E-state index contributed by atoms with van der Waals surface area (Å²) in [5.41, 5.74) is 1.57. The van der Waals surface area contributed by atoms with E-state index in [9.17, 15) is 9.59 Å². The van der Waals surface area contributed by atoms with Gasteiger partial charge in [-0.25, -0.2) is 4.98 Å². The van der Waals surface area contributed by atoms with E-state index in [1.165, 1.54) is 11.3 Å². The second-order valence-electron chi connectivity index (χ2n) is 6.37. The summed E-state index contributed by atoms with van der Waals surface area (Å²) in [6, 6.07) is 7.56. The van der Waals surface area contributed by atoms with Gasteiger partial charge in [0.05, 0.1) is 5.56 Å². The fourth-order valence-corrected chi connectivity index (χ4v) is 3.50. The minimum atomic E-state index is -0.0751. The third-order valence-electron chi connectivity index (χ3n) is 4.17. The Kier molecular flexibility index (Phi) is 5.33. The van der Waals surface area contributed by atoms with E-state index in [2.05, 4.69) is 29.5 Å². The van der Waals surface area contributed by atoms with Gasteiger partial charge in [0.2, 0.25) is 5.91 Å². The summed E-state index contributed by atoms with van der Waals surface area (Å²) < 4.78 is 0. The molecular formula is C18H22N4O2S. The summed E-state index contributed by atoms with van der Waals surface area (Å²) in [6.45, 7) is 4.70. The van der Waals surface area contributed by atoms with Gasteiger partial charge in [-0.2, -0.15) is 0 Å². The van der Waals surface area contributed by atoms with Gasteiger partial charge in [-0.1, -0.05) is 26.0 Å². The molecule has 2 N–H and O–H groups in total. The summed E-state index contributed by atoms with van der Waals surface area (Å²) in [5.74, 6) is 0.212. The largest absolute Gasteiger partial charge is 0.364 e. The van der Waals surface area contributed by atoms with Gasteiger partial charge in [0.15, 0.2) is 5.13 Å². The number of thiazole rings is 1. The summed E-state index contributed by atoms with van der Waals surface area (Å²) >= 11 is 1.39. The summed E-state index contributed by atoms with van der Waals surface area (Å²) in [5, 5.41) is 8.64. The first-order valence-electron chi connectivity index (χ1n) is 8.42. The highest BCUT2D eigenvalue weighted by Gasteiger charge is 2.33. The van der Waals surface area contributed by atoms with Crippen molar-refractivity contribution < 1.29 is 9.59 Å². The van der Waals surface area contributed by atoms with Crippen molar-refractivity contribution in [2.45, 2.75) is 32.9 Å². The van der Waals surface area contributed by atoms with Crippen LogP contribution in [0.5, 0.6) is 0 Å². The Labute approximate surface area is 151 Å². The maximum Gasteiger partial charge on any atom is 0.257 e. The molecule has 132 valence electrons. The fraction of sp³-hybridized carbons (Fsp3) is 0.389. The molecule has 1 aliphatic heterocycles. The quantitative estimate of drug-likeness (QED) is 0.830. The molecule has 0 saturated heterocycles. The zero-order valence-electron chi connectivity index (χ0n) is 14.4. The zero-order chi connectivity index (χ0) is 17.8. The van der Waals surface area contributed by atoms with Crippen LogP contribution in [0, 0.1) is 5.92 Å². The Hall–Kier alpha value is -2.41. The zero-order valence-corrected chi connectivity index (χ0v) is 15.2. The smallest absolute Gasteiger partial charge is 0.257 e. The highest BCUT2D eigenvalue weighted by molar-refractivity contribution is 7.13. The molecule has 0 bridgehead atoms. The first kappa shape index (κ1) is 17.4. The summed E-state index contributed by atoms with van der Waals surface area (Å²) in [6.07, 6.45) is 2.55. The van der Waals surface area contributed by atoms with Gasteiger partial charge in [-0.3, -0.25) is 9.59 Å². The van der Waals surface area contributed by atoms with Crippen LogP contribution in [0.15, 0.2) is 35.8 Å². The number of aromatic nitrogens is 1. The van der Waals surface area contributed by atoms with Crippen LogP contribution in [0.2, 0.25) is 0 Å². The number of para-hydroxylation sites is 1. The average molecular weight is 358 g/mol. The molecule has 1 unspecified atom stereocenters. The van der Waals surface area contributed by atoms with Crippen LogP contribution in [0.3, 0.4) is 0 Å². The molecule has 1 aromatic heterocycles. The minimum Gasteiger partial charge on any atom is -0.364 e. The number of anilines is 2. The molecule has 1 aromatic carbocycles. The molecular weight excluding hydrogens is 336 g/mol. The standard InChI is InChI=1S/C18H22N4O2S/c1-12(2)16-20-14-7-4-3-6-13(14)17(24)22(16)10-5-8-15(23)21-18-19-9-11-25-18/h3-4,6-7,9,11-12,16,20H,5,8,10H2,1-2H3,(H,19,21,23). The molecule has 2 amide bonds. The molecule has 0 saturated carbocycles. The lowest BCUT2D eigenvalue weighted by Gasteiger charge is -2.40. The van der Waals surface area contributed by atoms with Crippen LogP contribution < -0.4 is 10.6 Å². The Morgan fingerprint density at radius 3 is 2.92 bits per heavy atom. The summed E-state index contributed by atoms with van der Waals surface area (Å²) in [7, 11) is 0. The van der Waals surface area contributed by atoms with E-state index in [1.807, 2.05) is 34.5 Å². The fourth-order valence-electron chi connectivity index (χ4n) is 2.96. The van der Waals surface area contributed by atoms with E-state index in [4.69, 9.17) is 0 Å². The van der Waals surface area contributed by atoms with Gasteiger partial charge in [-0.05, 0) is 24.5 Å². The first-order chi connectivity index (χ1) is 12.1. The Morgan fingerprint density at radius 1 is 1.40 bits per heavy atom. The lowest BCUT2D eigenvalue weighted by Crippen LogP contribution is -2.51. The van der Waals surface area contributed by atoms with Crippen molar-refractivity contribution in [3.8, 4) is 0 Å². The number of rotatable bonds is 6. The Bertz CT molecular complexity index is 745. The lowest BCUT2D eigenvalue weighted by molar-refractivity contribution is -0.116. The SMILES string of the molecule is CC(C)C1Nc2ccccc2C(=O)N1CCCC(=O)Nc1nccs1. The van der Waals surface area contributed by atoms with Gasteiger partial charge in [0.1, 0.15) is 6.17 Å². The van der Waals surface area contributed by atoms with Crippen molar-refractivity contribution in [1.82, 2.24) is 9.88 Å². The number of carbonyl (C=O) groups is 2. The molecule has 2 aromatic rings. The number of nitrogens with zero attached hydrogens (tertiary/aromatic N) is 2. The molecule has 2 heterocycles. The Balaban J connectivity index is 1.61. The van der Waals surface area contributed by atoms with E-state index in [0.717, 1.165) is 5.69 Å². The molecule has 3 rings (SSSR count). The molecule has 1 aliphatic rings. The number of amides is 2. The number of fused-ring (bicyclic) bond motifs is 1. The molecule has 0 aliphatic carbocycles. The third-order valence-corrected chi connectivity index (χ3v) is 4.86. The number of carbonyl (C=O) groups excluding carboxylic acids is 2. The highest BCUT2D eigenvalue weighted by atomic mass is 32.1. The van der Waals surface area contributed by atoms with Gasteiger partial charge in [0, 0.05) is 30.2 Å². The van der Waals surface area contributed by atoms with Crippen LogP contribution in [-0.2, 0) is 4.79 Å². The van der Waals surface area contributed by atoms with Crippen molar-refractivity contribution >= 4 is 34.0 Å². The maximum absolute atomic E-state index is 12.8. The van der Waals surface area contributed by atoms with E-state index in [0.29, 0.717) is 30.1 Å². The van der Waals surface area contributed by atoms with Crippen LogP contribution in [0.25, 0.3) is 0 Å². The van der Waals surface area contributed by atoms with Crippen molar-refractivity contribution in [1.29, 1.82) is 0 Å². The number of hydrogen-bond donors (Lipinski definition) is 2. The van der Waals surface area contributed by atoms with E-state index in [-0.39, 0.29) is 23.9 Å². The van der Waals surface area contributed by atoms with Crippen LogP contribution in [0.4, 0.5) is 10.8 Å². The van der Waals surface area contributed by atoms with Crippen molar-refractivity contribution in [2.75, 3.05) is 17.2 Å². The van der Waals surface area contributed by atoms with Crippen molar-refractivity contribution in [2.24, 2.45) is 5.92 Å². The van der Waals surface area contributed by atoms with Gasteiger partial charge in [-0.15, -0.1) is 11.3 Å². The molecule has 0 radical (unpaired) electrons. The normalized spacial score (nSPS) is 16.5. The topological polar surface area (TPSA) is 74.3 Å². The lowest BCUT2D eigenvalue weighted by atomic mass is 10.0. The third kappa shape index (κ3) is 3.99.